The molecule has 0 fully saturated rings. The number of cyclic esters (lactones) is 2. The standard InChI is InChI=1S/C56H40N2O4/c1-55(2)41-19-11-13-21-43(41)57(37-15-7-5-8-16-37)45-29-25-33-31-35(23-27-39(33)49(45)55)51-47-48(54(60)61-51)52(62-53(47)59)36-24-28-40-34(32-36)26-30-46-50(40)56(3,4)42-20-12-14-22-44(42)58(46)38-17-9-6-10-18-38/h5-32H,1-4H3. The number of rotatable bonds is 4. The minimum atomic E-state index is -0.598. The number of hydrogen-bond acceptors (Lipinski definition) is 6. The number of fused-ring (bicyclic) bond motifs is 9. The topological polar surface area (TPSA) is 59.1 Å². The Morgan fingerprint density at radius 3 is 1.21 bits per heavy atom. The lowest BCUT2D eigenvalue weighted by Crippen LogP contribution is -2.30. The molecular formula is C56H40N2O4. The van der Waals surface area contributed by atoms with E-state index in [9.17, 15) is 9.59 Å². The molecule has 0 radical (unpaired) electrons. The third kappa shape index (κ3) is 4.98. The van der Waals surface area contributed by atoms with Gasteiger partial charge in [-0.2, -0.15) is 0 Å². The monoisotopic (exact) mass is 804 g/mol. The van der Waals surface area contributed by atoms with Crippen molar-refractivity contribution in [2.24, 2.45) is 0 Å². The van der Waals surface area contributed by atoms with E-state index in [2.05, 4.69) is 171 Å². The van der Waals surface area contributed by atoms with Crippen LogP contribution in [0.15, 0.2) is 181 Å². The maximum atomic E-state index is 13.9. The highest BCUT2D eigenvalue weighted by Gasteiger charge is 2.46. The number of nitrogens with zero attached hydrogens (tertiary/aromatic N) is 2. The summed E-state index contributed by atoms with van der Waals surface area (Å²) in [7, 11) is 0. The Labute approximate surface area is 359 Å². The summed E-state index contributed by atoms with van der Waals surface area (Å²) in [5.41, 5.74) is 12.5. The van der Waals surface area contributed by atoms with Gasteiger partial charge in [0.15, 0.2) is 11.5 Å². The average molecular weight is 805 g/mol. The first-order valence-corrected chi connectivity index (χ1v) is 21.1. The molecule has 0 amide bonds. The largest absolute Gasteiger partial charge is 0.421 e. The van der Waals surface area contributed by atoms with Gasteiger partial charge in [-0.1, -0.05) is 137 Å². The fraction of sp³-hybridized carbons (Fsp3) is 0.107. The van der Waals surface area contributed by atoms with Crippen LogP contribution in [0.5, 0.6) is 0 Å². The zero-order valence-corrected chi connectivity index (χ0v) is 34.7. The van der Waals surface area contributed by atoms with Crippen LogP contribution in [0.4, 0.5) is 34.1 Å². The predicted octanol–water partition coefficient (Wildman–Crippen LogP) is 13.4. The summed E-state index contributed by atoms with van der Waals surface area (Å²) in [6.45, 7) is 9.10. The van der Waals surface area contributed by atoms with Crippen molar-refractivity contribution in [3.8, 4) is 0 Å². The molecule has 0 unspecified atom stereocenters. The molecule has 6 heteroatoms. The molecular weight excluding hydrogens is 765 g/mol. The van der Waals surface area contributed by atoms with Crippen LogP contribution in [-0.2, 0) is 29.9 Å². The van der Waals surface area contributed by atoms with Crippen LogP contribution in [0, 0.1) is 0 Å². The molecule has 0 spiro atoms. The molecule has 0 aromatic heterocycles. The van der Waals surface area contributed by atoms with E-state index in [0.29, 0.717) is 11.1 Å². The molecule has 0 saturated carbocycles. The lowest BCUT2D eigenvalue weighted by Gasteiger charge is -2.42. The fourth-order valence-electron chi connectivity index (χ4n) is 10.7. The van der Waals surface area contributed by atoms with Crippen LogP contribution in [0.25, 0.3) is 33.1 Å². The van der Waals surface area contributed by atoms with E-state index in [-0.39, 0.29) is 33.5 Å². The molecule has 0 atom stereocenters. The number of esters is 2. The van der Waals surface area contributed by atoms with Gasteiger partial charge in [0.25, 0.3) is 0 Å². The van der Waals surface area contributed by atoms with Crippen LogP contribution in [0.3, 0.4) is 0 Å². The van der Waals surface area contributed by atoms with Gasteiger partial charge in [-0.05, 0) is 104 Å². The van der Waals surface area contributed by atoms with E-state index < -0.39 is 11.9 Å². The van der Waals surface area contributed by atoms with Gasteiger partial charge >= 0.3 is 11.9 Å². The SMILES string of the molecule is CC1(C)c2ccccc2N(c2ccccc2)c2ccc3cc(C4=C5C(=O)OC(c6ccc7c8c(ccc7c6)N(c6ccccc6)c6ccccc6C8(C)C)=C5C(=O)O4)ccc3c21. The van der Waals surface area contributed by atoms with Gasteiger partial charge in [0.1, 0.15) is 11.1 Å². The number of ether oxygens (including phenoxy) is 2. The summed E-state index contributed by atoms with van der Waals surface area (Å²) in [4.78, 5) is 32.4. The van der Waals surface area contributed by atoms with E-state index in [1.54, 1.807) is 0 Å². The molecule has 4 heterocycles. The third-order valence-corrected chi connectivity index (χ3v) is 13.4. The number of benzene rings is 8. The molecule has 8 aromatic rings. The van der Waals surface area contributed by atoms with E-state index in [1.165, 1.54) is 22.3 Å². The van der Waals surface area contributed by atoms with Crippen molar-refractivity contribution in [2.75, 3.05) is 9.80 Å². The minimum absolute atomic E-state index is 0.161. The van der Waals surface area contributed by atoms with Crippen molar-refractivity contribution in [3.63, 3.8) is 0 Å². The molecule has 0 N–H and O–H groups in total. The van der Waals surface area contributed by atoms with E-state index in [1.807, 2.05) is 36.4 Å². The van der Waals surface area contributed by atoms with E-state index in [0.717, 1.165) is 55.7 Å². The van der Waals surface area contributed by atoms with Crippen LogP contribution < -0.4 is 9.80 Å². The predicted molar refractivity (Wildman–Crippen MR) is 248 cm³/mol. The molecule has 0 saturated heterocycles. The normalized spacial score (nSPS) is 16.8. The Hall–Kier alpha value is -7.70. The van der Waals surface area contributed by atoms with Crippen LogP contribution in [0.1, 0.15) is 61.1 Å². The molecule has 0 bridgehead atoms. The molecule has 298 valence electrons. The highest BCUT2D eigenvalue weighted by molar-refractivity contribution is 6.25. The van der Waals surface area contributed by atoms with Crippen molar-refractivity contribution in [1.29, 1.82) is 0 Å². The molecule has 4 aliphatic heterocycles. The quantitative estimate of drug-likeness (QED) is 0.165. The highest BCUT2D eigenvalue weighted by Crippen LogP contribution is 2.56. The van der Waals surface area contributed by atoms with Gasteiger partial charge in [-0.15, -0.1) is 0 Å². The zero-order chi connectivity index (χ0) is 42.1. The van der Waals surface area contributed by atoms with Crippen molar-refractivity contribution in [3.05, 3.63) is 214 Å². The molecule has 6 nitrogen and oxygen atoms in total. The summed E-state index contributed by atoms with van der Waals surface area (Å²) in [6.07, 6.45) is 0. The maximum absolute atomic E-state index is 13.9. The van der Waals surface area contributed by atoms with Gasteiger partial charge in [0.05, 0.1) is 22.7 Å². The summed E-state index contributed by atoms with van der Waals surface area (Å²) < 4.78 is 12.0. The van der Waals surface area contributed by atoms with E-state index in [4.69, 9.17) is 9.47 Å². The average Bonchev–Trinajstić information content (AvgIpc) is 3.83. The van der Waals surface area contributed by atoms with Crippen LogP contribution >= 0.6 is 0 Å². The van der Waals surface area contributed by atoms with Crippen LogP contribution in [0.2, 0.25) is 0 Å². The minimum Gasteiger partial charge on any atom is -0.421 e. The Bertz CT molecular complexity index is 3120. The number of anilines is 6. The van der Waals surface area contributed by atoms with Crippen molar-refractivity contribution >= 4 is 79.1 Å². The van der Waals surface area contributed by atoms with E-state index >= 15 is 0 Å². The fourth-order valence-corrected chi connectivity index (χ4v) is 10.7. The maximum Gasteiger partial charge on any atom is 0.348 e. The molecule has 4 aliphatic rings. The van der Waals surface area contributed by atoms with Gasteiger partial charge in [0, 0.05) is 33.3 Å². The Morgan fingerprint density at radius 1 is 0.403 bits per heavy atom. The highest BCUT2D eigenvalue weighted by atomic mass is 16.6. The second-order valence-corrected chi connectivity index (χ2v) is 17.6. The molecule has 62 heavy (non-hydrogen) atoms. The summed E-state index contributed by atoms with van der Waals surface area (Å²) in [6, 6.07) is 58.8. The number of hydrogen-bond donors (Lipinski definition) is 0. The second-order valence-electron chi connectivity index (χ2n) is 17.6. The first-order chi connectivity index (χ1) is 30.1. The number of carbonyl (C=O) groups excluding carboxylic acids is 2. The smallest absolute Gasteiger partial charge is 0.348 e. The Morgan fingerprint density at radius 2 is 0.790 bits per heavy atom. The van der Waals surface area contributed by atoms with Gasteiger partial charge in [-0.25, -0.2) is 9.59 Å². The van der Waals surface area contributed by atoms with Crippen molar-refractivity contribution in [1.82, 2.24) is 0 Å². The lowest BCUT2D eigenvalue weighted by molar-refractivity contribution is -0.131. The van der Waals surface area contributed by atoms with Gasteiger partial charge < -0.3 is 19.3 Å². The summed E-state index contributed by atoms with van der Waals surface area (Å²) in [5.74, 6) is -0.758. The van der Waals surface area contributed by atoms with Crippen molar-refractivity contribution < 1.29 is 19.1 Å². The summed E-state index contributed by atoms with van der Waals surface area (Å²) >= 11 is 0. The number of para-hydroxylation sites is 4. The molecule has 12 rings (SSSR count). The zero-order valence-electron chi connectivity index (χ0n) is 34.7. The van der Waals surface area contributed by atoms with Crippen LogP contribution in [-0.4, -0.2) is 11.9 Å². The van der Waals surface area contributed by atoms with Gasteiger partial charge in [0.2, 0.25) is 0 Å². The first-order valence-electron chi connectivity index (χ1n) is 21.1. The number of carbonyl (C=O) groups is 2. The second kappa shape index (κ2) is 12.9. The molecule has 8 aromatic carbocycles. The Balaban J connectivity index is 0.963. The summed E-state index contributed by atoms with van der Waals surface area (Å²) in [5, 5.41) is 4.13. The van der Waals surface area contributed by atoms with Crippen molar-refractivity contribution in [2.45, 2.75) is 38.5 Å². The molecule has 0 aliphatic carbocycles. The van der Waals surface area contributed by atoms with Gasteiger partial charge in [-0.3, -0.25) is 0 Å². The Kier molecular flexibility index (Phi) is 7.53. The third-order valence-electron chi connectivity index (χ3n) is 13.4. The first kappa shape index (κ1) is 36.2. The lowest BCUT2D eigenvalue weighted by atomic mass is 9.71.